The van der Waals surface area contributed by atoms with E-state index in [2.05, 4.69) is 46.1 Å². The van der Waals surface area contributed by atoms with Crippen LogP contribution in [0.1, 0.15) is 50.4 Å². The summed E-state index contributed by atoms with van der Waals surface area (Å²) >= 11 is 5.34. The molecule has 2 nitrogen and oxygen atoms in total. The lowest BCUT2D eigenvalue weighted by atomic mass is 10.1. The topological polar surface area (TPSA) is 29.3 Å². The fourth-order valence-electron chi connectivity index (χ4n) is 2.09. The van der Waals surface area contributed by atoms with Crippen molar-refractivity contribution >= 4 is 27.3 Å². The average molecular weight is 333 g/mol. The van der Waals surface area contributed by atoms with E-state index in [1.807, 2.05) is 11.3 Å². The number of hydrogen-bond donors (Lipinski definition) is 1. The third-order valence-electron chi connectivity index (χ3n) is 3.18. The van der Waals surface area contributed by atoms with Gasteiger partial charge in [-0.05, 0) is 47.9 Å². The van der Waals surface area contributed by atoms with E-state index in [0.717, 1.165) is 13.1 Å². The summed E-state index contributed by atoms with van der Waals surface area (Å²) in [6, 6.07) is 2.60. The van der Waals surface area contributed by atoms with Crippen LogP contribution in [0.3, 0.4) is 0 Å². The van der Waals surface area contributed by atoms with Gasteiger partial charge in [-0.2, -0.15) is 0 Å². The molecule has 0 amide bonds. The number of rotatable bonds is 9. The van der Waals surface area contributed by atoms with Gasteiger partial charge < -0.3 is 5.73 Å². The molecule has 1 heterocycles. The maximum atomic E-state index is 6.01. The maximum absolute atomic E-state index is 6.01. The second-order valence-corrected chi connectivity index (χ2v) is 6.52. The largest absolute Gasteiger partial charge is 0.329 e. The first kappa shape index (κ1) is 16.2. The molecule has 0 spiro atoms. The van der Waals surface area contributed by atoms with Gasteiger partial charge >= 0.3 is 0 Å². The lowest BCUT2D eigenvalue weighted by Crippen LogP contribution is -2.34. The number of hydrogen-bond acceptors (Lipinski definition) is 3. The molecule has 0 radical (unpaired) electrons. The quantitative estimate of drug-likeness (QED) is 0.725. The molecular weight excluding hydrogens is 308 g/mol. The van der Waals surface area contributed by atoms with Crippen molar-refractivity contribution in [1.29, 1.82) is 0 Å². The zero-order chi connectivity index (χ0) is 13.4. The van der Waals surface area contributed by atoms with E-state index in [0.29, 0.717) is 12.6 Å². The molecule has 0 aliphatic carbocycles. The Morgan fingerprint density at radius 2 is 1.89 bits per heavy atom. The molecule has 0 bridgehead atoms. The highest BCUT2D eigenvalue weighted by Crippen LogP contribution is 2.29. The zero-order valence-corrected chi connectivity index (χ0v) is 13.9. The molecule has 0 aliphatic heterocycles. The minimum absolute atomic E-state index is 0.388. The predicted molar refractivity (Wildman–Crippen MR) is 85.2 cm³/mol. The van der Waals surface area contributed by atoms with Crippen LogP contribution < -0.4 is 5.73 Å². The van der Waals surface area contributed by atoms with E-state index in [4.69, 9.17) is 5.73 Å². The van der Waals surface area contributed by atoms with E-state index in [1.54, 1.807) is 0 Å². The van der Waals surface area contributed by atoms with E-state index in [9.17, 15) is 0 Å². The fraction of sp³-hybridized carbons (Fsp3) is 0.714. The minimum Gasteiger partial charge on any atom is -0.329 e. The van der Waals surface area contributed by atoms with Gasteiger partial charge in [0.05, 0.1) is 6.04 Å². The normalized spacial score (nSPS) is 13.2. The summed E-state index contributed by atoms with van der Waals surface area (Å²) < 4.78 is 1.17. The van der Waals surface area contributed by atoms with Gasteiger partial charge in [-0.3, -0.25) is 4.90 Å². The smallest absolute Gasteiger partial charge is 0.0564 e. The molecule has 0 aliphatic rings. The highest BCUT2D eigenvalue weighted by Gasteiger charge is 2.19. The molecule has 4 heteroatoms. The summed E-state index contributed by atoms with van der Waals surface area (Å²) in [5, 5.41) is 2.15. The molecule has 1 aromatic heterocycles. The maximum Gasteiger partial charge on any atom is 0.0564 e. The Morgan fingerprint density at radius 3 is 2.28 bits per heavy atom. The van der Waals surface area contributed by atoms with Crippen molar-refractivity contribution in [3.05, 3.63) is 20.8 Å². The molecule has 2 N–H and O–H groups in total. The Kier molecular flexibility index (Phi) is 8.15. The van der Waals surface area contributed by atoms with E-state index >= 15 is 0 Å². The second-order valence-electron chi connectivity index (χ2n) is 4.66. The Bertz CT molecular complexity index is 319. The third kappa shape index (κ3) is 5.00. The Labute approximate surface area is 124 Å². The molecule has 0 saturated heterocycles. The van der Waals surface area contributed by atoms with Gasteiger partial charge in [0.15, 0.2) is 0 Å². The number of unbranched alkanes of at least 4 members (excludes halogenated alkanes) is 2. The van der Waals surface area contributed by atoms with E-state index in [1.165, 1.54) is 35.0 Å². The zero-order valence-electron chi connectivity index (χ0n) is 11.5. The Balaban J connectivity index is 2.71. The summed E-state index contributed by atoms with van der Waals surface area (Å²) in [6.45, 7) is 7.52. The number of nitrogens with two attached hydrogens (primary N) is 1. The summed E-state index contributed by atoms with van der Waals surface area (Å²) in [5.74, 6) is 0. The number of nitrogens with zero attached hydrogens (tertiary/aromatic N) is 1. The van der Waals surface area contributed by atoms with E-state index < -0.39 is 0 Å². The average Bonchev–Trinajstić information content (AvgIpc) is 2.79. The van der Waals surface area contributed by atoms with Gasteiger partial charge in [0.25, 0.3) is 0 Å². The van der Waals surface area contributed by atoms with Crippen molar-refractivity contribution in [2.45, 2.75) is 45.6 Å². The summed E-state index contributed by atoms with van der Waals surface area (Å²) in [4.78, 5) is 3.95. The van der Waals surface area contributed by atoms with Crippen molar-refractivity contribution in [2.75, 3.05) is 19.6 Å². The standard InChI is InChI=1S/C14H25BrN2S/c1-3-5-7-17(8-6-4-2)13(10-16)14-9-12(15)11-18-14/h9,11,13H,3-8,10,16H2,1-2H3. The van der Waals surface area contributed by atoms with Crippen LogP contribution in [-0.2, 0) is 0 Å². The molecule has 0 saturated carbocycles. The molecule has 1 unspecified atom stereocenters. The lowest BCUT2D eigenvalue weighted by Gasteiger charge is -2.30. The molecule has 104 valence electrons. The molecule has 1 rings (SSSR count). The highest BCUT2D eigenvalue weighted by atomic mass is 79.9. The minimum atomic E-state index is 0.388. The molecule has 1 atom stereocenters. The first-order valence-corrected chi connectivity index (χ1v) is 8.58. The van der Waals surface area contributed by atoms with Gasteiger partial charge in [-0.15, -0.1) is 11.3 Å². The predicted octanol–water partition coefficient (Wildman–Crippen LogP) is 4.41. The Hall–Kier alpha value is 0.1000. The second kappa shape index (κ2) is 9.08. The van der Waals surface area contributed by atoms with Gasteiger partial charge in [0.1, 0.15) is 0 Å². The SMILES string of the molecule is CCCCN(CCCC)C(CN)c1cc(Br)cs1. The Morgan fingerprint density at radius 1 is 1.28 bits per heavy atom. The first-order chi connectivity index (χ1) is 8.72. The van der Waals surface area contributed by atoms with Gasteiger partial charge in [-0.25, -0.2) is 0 Å². The van der Waals surface area contributed by atoms with Crippen LogP contribution in [-0.4, -0.2) is 24.5 Å². The van der Waals surface area contributed by atoms with Gasteiger partial charge in [0.2, 0.25) is 0 Å². The van der Waals surface area contributed by atoms with Crippen LogP contribution in [0.2, 0.25) is 0 Å². The van der Waals surface area contributed by atoms with Crippen molar-refractivity contribution in [3.63, 3.8) is 0 Å². The monoisotopic (exact) mass is 332 g/mol. The lowest BCUT2D eigenvalue weighted by molar-refractivity contribution is 0.198. The van der Waals surface area contributed by atoms with Crippen LogP contribution in [0.25, 0.3) is 0 Å². The molecule has 0 aromatic carbocycles. The van der Waals surface area contributed by atoms with Crippen molar-refractivity contribution < 1.29 is 0 Å². The van der Waals surface area contributed by atoms with Crippen LogP contribution >= 0.6 is 27.3 Å². The first-order valence-electron chi connectivity index (χ1n) is 6.90. The number of thiophene rings is 1. The van der Waals surface area contributed by atoms with Crippen molar-refractivity contribution in [2.24, 2.45) is 5.73 Å². The molecule has 18 heavy (non-hydrogen) atoms. The molecule has 0 fully saturated rings. The summed E-state index contributed by atoms with van der Waals surface area (Å²) in [6.07, 6.45) is 5.00. The van der Waals surface area contributed by atoms with Gasteiger partial charge in [-0.1, -0.05) is 26.7 Å². The highest BCUT2D eigenvalue weighted by molar-refractivity contribution is 9.10. The van der Waals surface area contributed by atoms with Crippen molar-refractivity contribution in [3.8, 4) is 0 Å². The van der Waals surface area contributed by atoms with Crippen LogP contribution in [0.5, 0.6) is 0 Å². The number of halogens is 1. The summed E-state index contributed by atoms with van der Waals surface area (Å²) in [5.41, 5.74) is 6.01. The van der Waals surface area contributed by atoms with Crippen LogP contribution in [0.15, 0.2) is 15.9 Å². The van der Waals surface area contributed by atoms with Crippen molar-refractivity contribution in [1.82, 2.24) is 4.90 Å². The fourth-order valence-corrected chi connectivity index (χ4v) is 3.69. The summed E-state index contributed by atoms with van der Waals surface area (Å²) in [7, 11) is 0. The molecular formula is C14H25BrN2S. The van der Waals surface area contributed by atoms with Gasteiger partial charge in [0, 0.05) is 21.3 Å². The third-order valence-corrected chi connectivity index (χ3v) is 4.97. The van der Waals surface area contributed by atoms with E-state index in [-0.39, 0.29) is 0 Å². The van der Waals surface area contributed by atoms with Crippen LogP contribution in [0, 0.1) is 0 Å². The molecule has 1 aromatic rings. The van der Waals surface area contributed by atoms with Crippen LogP contribution in [0.4, 0.5) is 0 Å².